The topological polar surface area (TPSA) is 57.5 Å². The van der Waals surface area contributed by atoms with Crippen LogP contribution < -0.4 is 0 Å². The van der Waals surface area contributed by atoms with Crippen LogP contribution in [0.1, 0.15) is 33.7 Å². The molecule has 126 valence electrons. The number of hydrogen-bond acceptors (Lipinski definition) is 3. The monoisotopic (exact) mass is 332 g/mol. The molecule has 1 unspecified atom stereocenters. The SMILES string of the molecule is O=C(c1ccccc1)C([C@H](O)c1ccccc1)[C@@H](O)c1ccccc1. The summed E-state index contributed by atoms with van der Waals surface area (Å²) < 4.78 is 0. The Balaban J connectivity index is 2.00. The molecule has 0 spiro atoms. The summed E-state index contributed by atoms with van der Waals surface area (Å²) in [4.78, 5) is 13.1. The Morgan fingerprint density at radius 1 is 0.600 bits per heavy atom. The smallest absolute Gasteiger partial charge is 0.171 e. The first-order chi connectivity index (χ1) is 12.2. The van der Waals surface area contributed by atoms with Crippen LogP contribution in [-0.2, 0) is 0 Å². The zero-order valence-corrected chi connectivity index (χ0v) is 13.7. The maximum absolute atomic E-state index is 13.1. The summed E-state index contributed by atoms with van der Waals surface area (Å²) in [5.74, 6) is -1.28. The minimum Gasteiger partial charge on any atom is -0.388 e. The Morgan fingerprint density at radius 3 is 1.36 bits per heavy atom. The largest absolute Gasteiger partial charge is 0.388 e. The summed E-state index contributed by atoms with van der Waals surface area (Å²) in [6.07, 6.45) is -2.21. The molecule has 3 heteroatoms. The van der Waals surface area contributed by atoms with Gasteiger partial charge in [0, 0.05) is 5.56 Å². The van der Waals surface area contributed by atoms with Crippen molar-refractivity contribution in [2.75, 3.05) is 0 Å². The fourth-order valence-corrected chi connectivity index (χ4v) is 2.97. The van der Waals surface area contributed by atoms with E-state index in [1.807, 2.05) is 18.2 Å². The Hall–Kier alpha value is -2.75. The van der Waals surface area contributed by atoms with Crippen molar-refractivity contribution in [2.45, 2.75) is 12.2 Å². The van der Waals surface area contributed by atoms with Gasteiger partial charge in [0.05, 0.1) is 18.1 Å². The molecule has 0 bridgehead atoms. The van der Waals surface area contributed by atoms with Gasteiger partial charge in [-0.25, -0.2) is 0 Å². The van der Waals surface area contributed by atoms with Crippen LogP contribution in [0.3, 0.4) is 0 Å². The minimum absolute atomic E-state index is 0.284. The molecule has 3 aromatic rings. The van der Waals surface area contributed by atoms with Gasteiger partial charge in [-0.15, -0.1) is 0 Å². The second kappa shape index (κ2) is 7.88. The van der Waals surface area contributed by atoms with E-state index in [0.29, 0.717) is 16.7 Å². The van der Waals surface area contributed by atoms with Crippen molar-refractivity contribution < 1.29 is 15.0 Å². The molecule has 3 atom stereocenters. The number of ketones is 1. The summed E-state index contributed by atoms with van der Waals surface area (Å²) in [5, 5.41) is 21.7. The summed E-state index contributed by atoms with van der Waals surface area (Å²) in [7, 11) is 0. The van der Waals surface area contributed by atoms with Crippen LogP contribution in [0.4, 0.5) is 0 Å². The quantitative estimate of drug-likeness (QED) is 0.672. The maximum atomic E-state index is 13.1. The van der Waals surface area contributed by atoms with Gasteiger partial charge in [0.2, 0.25) is 0 Å². The first kappa shape index (κ1) is 17.1. The predicted octanol–water partition coefficient (Wildman–Crippen LogP) is 3.95. The van der Waals surface area contributed by atoms with Gasteiger partial charge in [-0.3, -0.25) is 4.79 Å². The summed E-state index contributed by atoms with van der Waals surface area (Å²) in [6, 6.07) is 26.7. The molecule has 3 nitrogen and oxygen atoms in total. The average molecular weight is 332 g/mol. The van der Waals surface area contributed by atoms with E-state index in [-0.39, 0.29) is 5.78 Å². The van der Waals surface area contributed by atoms with Gasteiger partial charge in [-0.05, 0) is 11.1 Å². The van der Waals surface area contributed by atoms with Crippen molar-refractivity contribution in [1.29, 1.82) is 0 Å². The lowest BCUT2D eigenvalue weighted by Gasteiger charge is -2.27. The molecule has 0 saturated carbocycles. The highest BCUT2D eigenvalue weighted by atomic mass is 16.3. The van der Waals surface area contributed by atoms with Gasteiger partial charge in [-0.1, -0.05) is 91.0 Å². The van der Waals surface area contributed by atoms with Gasteiger partial charge in [0.1, 0.15) is 0 Å². The van der Waals surface area contributed by atoms with Gasteiger partial charge in [-0.2, -0.15) is 0 Å². The second-order valence-corrected chi connectivity index (χ2v) is 5.97. The number of aliphatic hydroxyl groups excluding tert-OH is 2. The molecule has 0 aliphatic heterocycles. The third kappa shape index (κ3) is 3.85. The first-order valence-corrected chi connectivity index (χ1v) is 8.24. The molecule has 3 aromatic carbocycles. The van der Waals surface area contributed by atoms with Crippen LogP contribution in [0, 0.1) is 5.92 Å². The van der Waals surface area contributed by atoms with E-state index < -0.39 is 18.1 Å². The lowest BCUT2D eigenvalue weighted by Crippen LogP contribution is -2.29. The minimum atomic E-state index is -1.11. The van der Waals surface area contributed by atoms with Gasteiger partial charge in [0.15, 0.2) is 5.78 Å². The maximum Gasteiger partial charge on any atom is 0.171 e. The van der Waals surface area contributed by atoms with Crippen LogP contribution in [0.5, 0.6) is 0 Å². The van der Waals surface area contributed by atoms with E-state index in [4.69, 9.17) is 0 Å². The average Bonchev–Trinajstić information content (AvgIpc) is 2.70. The standard InChI is InChI=1S/C22H20O3/c23-20(16-10-4-1-5-11-16)19(21(24)17-12-6-2-7-13-17)22(25)18-14-8-3-9-15-18/h1-15,19-21,23-24H/t19?,20-,21+. The number of carbonyl (C=O) groups is 1. The van der Waals surface area contributed by atoms with Crippen LogP contribution >= 0.6 is 0 Å². The van der Waals surface area contributed by atoms with Crippen LogP contribution in [0.25, 0.3) is 0 Å². The third-order valence-electron chi connectivity index (χ3n) is 4.32. The highest BCUT2D eigenvalue weighted by Gasteiger charge is 2.35. The fourth-order valence-electron chi connectivity index (χ4n) is 2.97. The van der Waals surface area contributed by atoms with Crippen LogP contribution in [0.2, 0.25) is 0 Å². The molecule has 0 aliphatic carbocycles. The molecule has 0 saturated heterocycles. The molecule has 25 heavy (non-hydrogen) atoms. The first-order valence-electron chi connectivity index (χ1n) is 8.24. The molecular formula is C22H20O3. The summed E-state index contributed by atoms with van der Waals surface area (Å²) >= 11 is 0. The Bertz CT molecular complexity index is 755. The van der Waals surface area contributed by atoms with E-state index in [9.17, 15) is 15.0 Å². The summed E-state index contributed by atoms with van der Waals surface area (Å²) in [6.45, 7) is 0. The van der Waals surface area contributed by atoms with Crippen molar-refractivity contribution in [2.24, 2.45) is 5.92 Å². The van der Waals surface area contributed by atoms with Crippen LogP contribution in [0.15, 0.2) is 91.0 Å². The second-order valence-electron chi connectivity index (χ2n) is 5.97. The molecule has 2 N–H and O–H groups in total. The van der Waals surface area contributed by atoms with E-state index in [2.05, 4.69) is 0 Å². The van der Waals surface area contributed by atoms with Crippen LogP contribution in [-0.4, -0.2) is 16.0 Å². The van der Waals surface area contributed by atoms with Crippen molar-refractivity contribution in [1.82, 2.24) is 0 Å². The lowest BCUT2D eigenvalue weighted by atomic mass is 9.82. The zero-order valence-electron chi connectivity index (χ0n) is 13.7. The van der Waals surface area contributed by atoms with Gasteiger partial charge >= 0.3 is 0 Å². The van der Waals surface area contributed by atoms with Crippen molar-refractivity contribution in [3.63, 3.8) is 0 Å². The number of rotatable bonds is 6. The van der Waals surface area contributed by atoms with E-state index >= 15 is 0 Å². The van der Waals surface area contributed by atoms with Crippen molar-refractivity contribution >= 4 is 5.78 Å². The van der Waals surface area contributed by atoms with E-state index in [0.717, 1.165) is 0 Å². The molecule has 0 heterocycles. The number of aliphatic hydroxyl groups is 2. The molecule has 3 rings (SSSR count). The lowest BCUT2D eigenvalue weighted by molar-refractivity contribution is 0.0143. The molecule has 0 radical (unpaired) electrons. The molecular weight excluding hydrogens is 312 g/mol. The predicted molar refractivity (Wildman–Crippen MR) is 97.1 cm³/mol. The Labute approximate surface area is 147 Å². The zero-order chi connectivity index (χ0) is 17.6. The number of hydrogen-bond donors (Lipinski definition) is 2. The van der Waals surface area contributed by atoms with E-state index in [1.165, 1.54) is 0 Å². The normalized spacial score (nSPS) is 14.5. The fraction of sp³-hybridized carbons (Fsp3) is 0.136. The number of benzene rings is 3. The van der Waals surface area contributed by atoms with Crippen molar-refractivity contribution in [3.05, 3.63) is 108 Å². The Morgan fingerprint density at radius 2 is 0.960 bits per heavy atom. The van der Waals surface area contributed by atoms with Gasteiger partial charge in [0.25, 0.3) is 0 Å². The molecule has 0 aliphatic rings. The number of Topliss-reactive ketones (excluding diaryl/α,β-unsaturated/α-hetero) is 1. The molecule has 0 fully saturated rings. The highest BCUT2D eigenvalue weighted by molar-refractivity contribution is 5.98. The highest BCUT2D eigenvalue weighted by Crippen LogP contribution is 2.35. The molecule has 0 amide bonds. The molecule has 0 aromatic heterocycles. The van der Waals surface area contributed by atoms with Gasteiger partial charge < -0.3 is 10.2 Å². The summed E-state index contributed by atoms with van der Waals surface area (Å²) in [5.41, 5.74) is 1.68. The number of carbonyl (C=O) groups excluding carboxylic acids is 1. The van der Waals surface area contributed by atoms with E-state index in [1.54, 1.807) is 72.8 Å². The Kier molecular flexibility index (Phi) is 5.39. The third-order valence-corrected chi connectivity index (χ3v) is 4.32. The van der Waals surface area contributed by atoms with Crippen molar-refractivity contribution in [3.8, 4) is 0 Å².